The number of rotatable bonds is 5. The molecule has 22 heavy (non-hydrogen) atoms. The molecule has 0 aromatic heterocycles. The van der Waals surface area contributed by atoms with Crippen molar-refractivity contribution in [2.24, 2.45) is 5.92 Å². The van der Waals surface area contributed by atoms with Gasteiger partial charge in [0.05, 0.1) is 13.0 Å². The summed E-state index contributed by atoms with van der Waals surface area (Å²) in [5, 5.41) is 9.11. The van der Waals surface area contributed by atoms with Crippen molar-refractivity contribution in [2.75, 3.05) is 20.2 Å². The molecule has 1 aromatic rings. The fourth-order valence-corrected chi connectivity index (χ4v) is 2.98. The molecule has 0 saturated carbocycles. The van der Waals surface area contributed by atoms with Gasteiger partial charge in [0.15, 0.2) is 0 Å². The fourth-order valence-electron chi connectivity index (χ4n) is 2.98. The van der Waals surface area contributed by atoms with Gasteiger partial charge in [0.25, 0.3) is 0 Å². The highest BCUT2D eigenvalue weighted by atomic mass is 16.5. The van der Waals surface area contributed by atoms with Crippen LogP contribution in [-0.4, -0.2) is 42.1 Å². The van der Waals surface area contributed by atoms with Gasteiger partial charge in [-0.2, -0.15) is 0 Å². The summed E-state index contributed by atoms with van der Waals surface area (Å²) in [4.78, 5) is 25.2. The van der Waals surface area contributed by atoms with Crippen LogP contribution in [0.5, 0.6) is 5.75 Å². The van der Waals surface area contributed by atoms with Crippen LogP contribution < -0.4 is 4.74 Å². The molecule has 1 N–H and O–H groups in total. The number of likely N-dealkylation sites (tertiary alicyclic amines) is 1. The lowest BCUT2D eigenvalue weighted by Gasteiger charge is -2.31. The molecule has 5 heteroatoms. The number of carbonyl (C=O) groups excluding carboxylic acids is 1. The molecule has 0 bridgehead atoms. The highest BCUT2D eigenvalue weighted by Gasteiger charge is 2.29. The molecule has 1 amide bonds. The molecule has 120 valence electrons. The number of hydrogen-bond donors (Lipinski definition) is 1. The Balaban J connectivity index is 2.00. The summed E-state index contributed by atoms with van der Waals surface area (Å²) in [5.41, 5.74) is 1.00. The lowest BCUT2D eigenvalue weighted by molar-refractivity contribution is -0.145. The minimum absolute atomic E-state index is 0.0179. The second kappa shape index (κ2) is 7.29. The Morgan fingerprint density at radius 1 is 1.41 bits per heavy atom. The first-order valence-electron chi connectivity index (χ1n) is 7.66. The highest BCUT2D eigenvalue weighted by molar-refractivity contribution is 5.78. The number of aliphatic carboxylic acids is 1. The molecular formula is C17H23NO4. The van der Waals surface area contributed by atoms with Crippen LogP contribution in [0.4, 0.5) is 0 Å². The van der Waals surface area contributed by atoms with Crippen LogP contribution in [-0.2, 0) is 9.59 Å². The number of para-hydroxylation sites is 1. The maximum Gasteiger partial charge on any atom is 0.308 e. The summed E-state index contributed by atoms with van der Waals surface area (Å²) in [7, 11) is 1.62. The third-order valence-electron chi connectivity index (χ3n) is 4.27. The number of piperidine rings is 1. The van der Waals surface area contributed by atoms with Crippen molar-refractivity contribution in [3.8, 4) is 5.75 Å². The number of carboxylic acid groups (broad SMARTS) is 1. The summed E-state index contributed by atoms with van der Waals surface area (Å²) in [6.07, 6.45) is 1.78. The standard InChI is InChI=1S/C17H23NO4/c1-12(14-7-3-4-8-15(14)22-2)10-16(19)18-9-5-6-13(11-18)17(20)21/h3-4,7-8,12-13H,5-6,9-11H2,1-2H3,(H,20,21)/t12-,13-/m1/s1. The van der Waals surface area contributed by atoms with Crippen LogP contribution in [0.1, 0.15) is 37.7 Å². The smallest absolute Gasteiger partial charge is 0.308 e. The van der Waals surface area contributed by atoms with Crippen LogP contribution >= 0.6 is 0 Å². The Hall–Kier alpha value is -2.04. The molecule has 1 heterocycles. The van der Waals surface area contributed by atoms with E-state index in [1.54, 1.807) is 12.0 Å². The summed E-state index contributed by atoms with van der Waals surface area (Å²) < 4.78 is 5.34. The Morgan fingerprint density at radius 2 is 2.14 bits per heavy atom. The molecule has 1 aromatic carbocycles. The lowest BCUT2D eigenvalue weighted by Crippen LogP contribution is -2.42. The molecule has 1 fully saturated rings. The molecule has 0 radical (unpaired) electrons. The van der Waals surface area contributed by atoms with E-state index in [4.69, 9.17) is 9.84 Å². The molecule has 0 spiro atoms. The Kier molecular flexibility index (Phi) is 5.41. The Morgan fingerprint density at radius 3 is 2.82 bits per heavy atom. The van der Waals surface area contributed by atoms with Gasteiger partial charge in [-0.15, -0.1) is 0 Å². The summed E-state index contributed by atoms with van der Waals surface area (Å²) in [6.45, 7) is 2.97. The van der Waals surface area contributed by atoms with Gasteiger partial charge in [0.1, 0.15) is 5.75 Å². The number of methoxy groups -OCH3 is 1. The maximum atomic E-state index is 12.4. The minimum Gasteiger partial charge on any atom is -0.496 e. The minimum atomic E-state index is -0.810. The number of carbonyl (C=O) groups is 2. The monoisotopic (exact) mass is 305 g/mol. The van der Waals surface area contributed by atoms with E-state index in [0.29, 0.717) is 25.9 Å². The van der Waals surface area contributed by atoms with Crippen LogP contribution in [0, 0.1) is 5.92 Å². The third-order valence-corrected chi connectivity index (χ3v) is 4.27. The Labute approximate surface area is 130 Å². The van der Waals surface area contributed by atoms with Crippen LogP contribution in [0.2, 0.25) is 0 Å². The number of benzene rings is 1. The van der Waals surface area contributed by atoms with E-state index >= 15 is 0 Å². The zero-order valence-electron chi connectivity index (χ0n) is 13.1. The number of carboxylic acids is 1. The van der Waals surface area contributed by atoms with Crippen molar-refractivity contribution < 1.29 is 19.4 Å². The topological polar surface area (TPSA) is 66.8 Å². The van der Waals surface area contributed by atoms with Crippen molar-refractivity contribution >= 4 is 11.9 Å². The van der Waals surface area contributed by atoms with E-state index in [1.807, 2.05) is 31.2 Å². The summed E-state index contributed by atoms with van der Waals surface area (Å²) in [5.74, 6) is -0.405. The molecule has 0 aliphatic carbocycles. The molecule has 1 saturated heterocycles. The molecule has 2 rings (SSSR count). The van der Waals surface area contributed by atoms with Crippen molar-refractivity contribution in [1.29, 1.82) is 0 Å². The zero-order valence-corrected chi connectivity index (χ0v) is 13.1. The quantitative estimate of drug-likeness (QED) is 0.907. The number of amides is 1. The third kappa shape index (κ3) is 3.78. The first-order valence-corrected chi connectivity index (χ1v) is 7.66. The second-order valence-electron chi connectivity index (χ2n) is 5.86. The molecule has 0 unspecified atom stereocenters. The van der Waals surface area contributed by atoms with E-state index in [0.717, 1.165) is 17.7 Å². The molecule has 2 atom stereocenters. The lowest BCUT2D eigenvalue weighted by atomic mass is 9.94. The molecular weight excluding hydrogens is 282 g/mol. The van der Waals surface area contributed by atoms with Gasteiger partial charge in [-0.05, 0) is 30.4 Å². The average molecular weight is 305 g/mol. The summed E-state index contributed by atoms with van der Waals surface area (Å²) in [6, 6.07) is 7.68. The van der Waals surface area contributed by atoms with E-state index in [1.165, 1.54) is 0 Å². The van der Waals surface area contributed by atoms with Crippen molar-refractivity contribution in [3.63, 3.8) is 0 Å². The van der Waals surface area contributed by atoms with Crippen LogP contribution in [0.25, 0.3) is 0 Å². The first kappa shape index (κ1) is 16.3. The Bertz CT molecular complexity index is 543. The SMILES string of the molecule is COc1ccccc1[C@H](C)CC(=O)N1CCC[C@@H](C(=O)O)C1. The van der Waals surface area contributed by atoms with Crippen molar-refractivity contribution in [2.45, 2.75) is 32.1 Å². The fraction of sp³-hybridized carbons (Fsp3) is 0.529. The predicted molar refractivity (Wildman–Crippen MR) is 83.0 cm³/mol. The first-order chi connectivity index (χ1) is 10.5. The van der Waals surface area contributed by atoms with Gasteiger partial charge < -0.3 is 14.7 Å². The van der Waals surface area contributed by atoms with Gasteiger partial charge in [-0.25, -0.2) is 0 Å². The van der Waals surface area contributed by atoms with Gasteiger partial charge in [0.2, 0.25) is 5.91 Å². The zero-order chi connectivity index (χ0) is 16.1. The molecule has 5 nitrogen and oxygen atoms in total. The normalized spacial score (nSPS) is 19.5. The van der Waals surface area contributed by atoms with E-state index < -0.39 is 11.9 Å². The predicted octanol–water partition coefficient (Wildman–Crippen LogP) is 2.51. The largest absolute Gasteiger partial charge is 0.496 e. The van der Waals surface area contributed by atoms with E-state index in [2.05, 4.69) is 0 Å². The van der Waals surface area contributed by atoms with Crippen molar-refractivity contribution in [3.05, 3.63) is 29.8 Å². The van der Waals surface area contributed by atoms with Crippen LogP contribution in [0.15, 0.2) is 24.3 Å². The number of ether oxygens (including phenoxy) is 1. The van der Waals surface area contributed by atoms with Crippen LogP contribution in [0.3, 0.4) is 0 Å². The second-order valence-corrected chi connectivity index (χ2v) is 5.86. The number of nitrogens with zero attached hydrogens (tertiary/aromatic N) is 1. The van der Waals surface area contributed by atoms with Gasteiger partial charge in [0, 0.05) is 19.5 Å². The molecule has 1 aliphatic heterocycles. The van der Waals surface area contributed by atoms with Gasteiger partial charge in [-0.3, -0.25) is 9.59 Å². The van der Waals surface area contributed by atoms with Crippen molar-refractivity contribution in [1.82, 2.24) is 4.90 Å². The number of hydrogen-bond acceptors (Lipinski definition) is 3. The highest BCUT2D eigenvalue weighted by Crippen LogP contribution is 2.29. The van der Waals surface area contributed by atoms with Gasteiger partial charge >= 0.3 is 5.97 Å². The average Bonchev–Trinajstić information content (AvgIpc) is 2.54. The van der Waals surface area contributed by atoms with Gasteiger partial charge in [-0.1, -0.05) is 25.1 Å². The molecule has 1 aliphatic rings. The van der Waals surface area contributed by atoms with E-state index in [9.17, 15) is 9.59 Å². The summed E-state index contributed by atoms with van der Waals surface area (Å²) >= 11 is 0. The van der Waals surface area contributed by atoms with E-state index in [-0.39, 0.29) is 11.8 Å². The maximum absolute atomic E-state index is 12.4.